The van der Waals surface area contributed by atoms with Crippen LogP contribution in [0.5, 0.6) is 5.75 Å². The minimum absolute atomic E-state index is 0.0288. The molecule has 0 unspecified atom stereocenters. The lowest BCUT2D eigenvalue weighted by atomic mass is 9.74. The predicted octanol–water partition coefficient (Wildman–Crippen LogP) is 3.15. The van der Waals surface area contributed by atoms with Gasteiger partial charge in [-0.1, -0.05) is 30.3 Å². The molecule has 2 aromatic rings. The molecule has 7 heteroatoms. The van der Waals surface area contributed by atoms with Gasteiger partial charge in [-0.2, -0.15) is 0 Å². The molecule has 0 saturated carbocycles. The summed E-state index contributed by atoms with van der Waals surface area (Å²) >= 11 is 0. The Hall–Kier alpha value is -2.93. The number of nitrogens with zero attached hydrogens (tertiary/aromatic N) is 1. The van der Waals surface area contributed by atoms with Crippen LogP contribution in [-0.2, 0) is 14.9 Å². The summed E-state index contributed by atoms with van der Waals surface area (Å²) in [7, 11) is 0. The van der Waals surface area contributed by atoms with E-state index < -0.39 is 4.92 Å². The lowest BCUT2D eigenvalue weighted by molar-refractivity contribution is -0.385. The van der Waals surface area contributed by atoms with Gasteiger partial charge in [0.2, 0.25) is 0 Å². The maximum atomic E-state index is 12.3. The molecule has 7 nitrogen and oxygen atoms in total. The second-order valence-corrected chi connectivity index (χ2v) is 7.03. The van der Waals surface area contributed by atoms with Gasteiger partial charge in [0, 0.05) is 36.8 Å². The molecule has 1 saturated heterocycles. The Morgan fingerprint density at radius 2 is 1.93 bits per heavy atom. The van der Waals surface area contributed by atoms with Crippen LogP contribution in [0.1, 0.15) is 24.0 Å². The van der Waals surface area contributed by atoms with Crippen LogP contribution in [0.15, 0.2) is 48.5 Å². The number of nitro benzene ring substituents is 1. The summed E-state index contributed by atoms with van der Waals surface area (Å²) in [6.07, 6.45) is 1.69. The van der Waals surface area contributed by atoms with Crippen LogP contribution >= 0.6 is 0 Å². The molecule has 1 aliphatic rings. The molecule has 148 valence electrons. The highest BCUT2D eigenvalue weighted by atomic mass is 16.6. The molecule has 28 heavy (non-hydrogen) atoms. The van der Waals surface area contributed by atoms with Crippen LogP contribution < -0.4 is 10.1 Å². The van der Waals surface area contributed by atoms with Crippen molar-refractivity contribution in [1.29, 1.82) is 0 Å². The number of ether oxygens (including phenoxy) is 2. The van der Waals surface area contributed by atoms with Crippen LogP contribution in [0.25, 0.3) is 0 Å². The minimum Gasteiger partial charge on any atom is -0.484 e. The number of aryl methyl sites for hydroxylation is 1. The van der Waals surface area contributed by atoms with Crippen LogP contribution in [0.4, 0.5) is 5.69 Å². The fourth-order valence-electron chi connectivity index (χ4n) is 3.51. The number of hydrogen-bond donors (Lipinski definition) is 1. The first-order valence-corrected chi connectivity index (χ1v) is 9.28. The zero-order valence-corrected chi connectivity index (χ0v) is 15.8. The second kappa shape index (κ2) is 8.84. The second-order valence-electron chi connectivity index (χ2n) is 7.03. The van der Waals surface area contributed by atoms with E-state index in [0.717, 1.165) is 12.8 Å². The fraction of sp³-hybridized carbons (Fsp3) is 0.381. The van der Waals surface area contributed by atoms with E-state index in [9.17, 15) is 14.9 Å². The van der Waals surface area contributed by atoms with E-state index in [2.05, 4.69) is 17.4 Å². The van der Waals surface area contributed by atoms with E-state index in [0.29, 0.717) is 31.1 Å². The van der Waals surface area contributed by atoms with Gasteiger partial charge in [-0.05, 0) is 37.5 Å². The molecular weight excluding hydrogens is 360 g/mol. The Balaban J connectivity index is 1.58. The normalized spacial score (nSPS) is 15.6. The molecule has 1 N–H and O–H groups in total. The summed E-state index contributed by atoms with van der Waals surface area (Å²) in [5.41, 5.74) is 1.58. The Labute approximate surface area is 163 Å². The number of benzene rings is 2. The van der Waals surface area contributed by atoms with Gasteiger partial charge in [0.1, 0.15) is 5.75 Å². The van der Waals surface area contributed by atoms with Crippen molar-refractivity contribution in [2.75, 3.05) is 26.4 Å². The molecule has 1 aliphatic heterocycles. The van der Waals surface area contributed by atoms with Gasteiger partial charge in [-0.3, -0.25) is 14.9 Å². The summed E-state index contributed by atoms with van der Waals surface area (Å²) in [6, 6.07) is 14.6. The van der Waals surface area contributed by atoms with Crippen LogP contribution in [0.3, 0.4) is 0 Å². The Bertz CT molecular complexity index is 832. The molecule has 0 aromatic heterocycles. The summed E-state index contributed by atoms with van der Waals surface area (Å²) < 4.78 is 11.0. The summed E-state index contributed by atoms with van der Waals surface area (Å²) in [6.45, 7) is 3.35. The van der Waals surface area contributed by atoms with Crippen molar-refractivity contribution >= 4 is 11.6 Å². The van der Waals surface area contributed by atoms with Crippen molar-refractivity contribution < 1.29 is 19.2 Å². The average molecular weight is 384 g/mol. The lowest BCUT2D eigenvalue weighted by Gasteiger charge is -2.38. The van der Waals surface area contributed by atoms with Gasteiger partial charge >= 0.3 is 0 Å². The number of nitrogens with one attached hydrogen (secondary N) is 1. The number of hydrogen-bond acceptors (Lipinski definition) is 5. The lowest BCUT2D eigenvalue weighted by Crippen LogP contribution is -2.45. The van der Waals surface area contributed by atoms with Crippen molar-refractivity contribution in [2.24, 2.45) is 0 Å². The quantitative estimate of drug-likeness (QED) is 0.585. The molecule has 1 heterocycles. The highest BCUT2D eigenvalue weighted by Crippen LogP contribution is 2.34. The van der Waals surface area contributed by atoms with Gasteiger partial charge in [0.15, 0.2) is 6.61 Å². The zero-order chi connectivity index (χ0) is 20.0. The van der Waals surface area contributed by atoms with E-state index in [1.165, 1.54) is 17.7 Å². The maximum absolute atomic E-state index is 12.3. The van der Waals surface area contributed by atoms with E-state index >= 15 is 0 Å². The highest BCUT2D eigenvalue weighted by molar-refractivity contribution is 5.77. The summed E-state index contributed by atoms with van der Waals surface area (Å²) in [4.78, 5) is 22.7. The first-order chi connectivity index (χ1) is 13.5. The fourth-order valence-corrected chi connectivity index (χ4v) is 3.51. The van der Waals surface area contributed by atoms with E-state index in [1.54, 1.807) is 13.0 Å². The van der Waals surface area contributed by atoms with Crippen molar-refractivity contribution in [2.45, 2.75) is 25.2 Å². The molecule has 1 amide bonds. The molecule has 0 bridgehead atoms. The molecule has 3 rings (SSSR count). The molecule has 2 aromatic carbocycles. The van der Waals surface area contributed by atoms with E-state index in [-0.39, 0.29) is 23.6 Å². The largest absolute Gasteiger partial charge is 0.484 e. The molecule has 0 atom stereocenters. The maximum Gasteiger partial charge on any atom is 0.272 e. The number of carbonyl (C=O) groups excluding carboxylic acids is 1. The molecule has 0 spiro atoms. The van der Waals surface area contributed by atoms with Crippen LogP contribution in [0, 0.1) is 17.0 Å². The SMILES string of the molecule is Cc1cc(OCC(=O)NCC2(c3ccccc3)CCOCC2)ccc1[N+](=O)[O-]. The first kappa shape index (κ1) is 19.8. The Morgan fingerprint density at radius 3 is 2.57 bits per heavy atom. The zero-order valence-electron chi connectivity index (χ0n) is 15.8. The molecular formula is C21H24N2O5. The van der Waals surface area contributed by atoms with Gasteiger partial charge in [-0.25, -0.2) is 0 Å². The number of amides is 1. The third-order valence-corrected chi connectivity index (χ3v) is 5.19. The third-order valence-electron chi connectivity index (χ3n) is 5.19. The molecule has 1 fully saturated rings. The van der Waals surface area contributed by atoms with Crippen molar-refractivity contribution in [3.63, 3.8) is 0 Å². The number of nitro groups is 1. The van der Waals surface area contributed by atoms with E-state index in [1.807, 2.05) is 18.2 Å². The standard InChI is InChI=1S/C21H24N2O5/c1-16-13-18(7-8-19(16)23(25)26)28-14-20(24)22-15-21(9-11-27-12-10-21)17-5-3-2-4-6-17/h2-8,13H,9-12,14-15H2,1H3,(H,22,24). The summed E-state index contributed by atoms with van der Waals surface area (Å²) in [5.74, 6) is 0.208. The number of rotatable bonds is 7. The Morgan fingerprint density at radius 1 is 1.21 bits per heavy atom. The van der Waals surface area contributed by atoms with Crippen molar-refractivity contribution in [1.82, 2.24) is 5.32 Å². The van der Waals surface area contributed by atoms with Gasteiger partial charge in [0.25, 0.3) is 11.6 Å². The minimum atomic E-state index is -0.442. The third kappa shape index (κ3) is 4.67. The van der Waals surface area contributed by atoms with Crippen LogP contribution in [0.2, 0.25) is 0 Å². The van der Waals surface area contributed by atoms with Gasteiger partial charge in [-0.15, -0.1) is 0 Å². The highest BCUT2D eigenvalue weighted by Gasteiger charge is 2.34. The van der Waals surface area contributed by atoms with Gasteiger partial charge < -0.3 is 14.8 Å². The smallest absolute Gasteiger partial charge is 0.272 e. The average Bonchev–Trinajstić information content (AvgIpc) is 2.72. The van der Waals surface area contributed by atoms with Crippen molar-refractivity contribution in [3.8, 4) is 5.75 Å². The predicted molar refractivity (Wildman–Crippen MR) is 105 cm³/mol. The molecule has 0 radical (unpaired) electrons. The number of carbonyl (C=O) groups is 1. The summed E-state index contributed by atoms with van der Waals surface area (Å²) in [5, 5.41) is 13.9. The van der Waals surface area contributed by atoms with Crippen molar-refractivity contribution in [3.05, 3.63) is 69.8 Å². The first-order valence-electron chi connectivity index (χ1n) is 9.28. The topological polar surface area (TPSA) is 90.7 Å². The monoisotopic (exact) mass is 384 g/mol. The Kier molecular flexibility index (Phi) is 6.26. The van der Waals surface area contributed by atoms with Crippen LogP contribution in [-0.4, -0.2) is 37.2 Å². The van der Waals surface area contributed by atoms with E-state index in [4.69, 9.17) is 9.47 Å². The van der Waals surface area contributed by atoms with Gasteiger partial charge in [0.05, 0.1) is 4.92 Å². The molecule has 0 aliphatic carbocycles.